The molecule has 2 heterocycles. The highest BCUT2D eigenvalue weighted by Crippen LogP contribution is 2.42. The Hall–Kier alpha value is -11.0. The molecule has 6 aromatic carbocycles. The van der Waals surface area contributed by atoms with Crippen LogP contribution in [0.1, 0.15) is 112 Å². The van der Waals surface area contributed by atoms with Gasteiger partial charge in [0.15, 0.2) is 11.5 Å². The number of nitrogens with zero attached hydrogens (tertiary/aromatic N) is 10. The summed E-state index contributed by atoms with van der Waals surface area (Å²) in [6.45, 7) is 4.17. The zero-order valence-corrected chi connectivity index (χ0v) is 52.5. The van der Waals surface area contributed by atoms with E-state index in [2.05, 4.69) is 107 Å². The molecule has 2 aromatic heterocycles. The monoisotopic (exact) mass is 1320 g/mol. The zero-order chi connectivity index (χ0) is 66.9. The number of azo groups is 2. The number of fused-ring (bicyclic) bond motifs is 2. The number of anilines is 8. The van der Waals surface area contributed by atoms with Crippen LogP contribution in [0.25, 0.3) is 21.5 Å². The van der Waals surface area contributed by atoms with Gasteiger partial charge < -0.3 is 51.9 Å². The quantitative estimate of drug-likeness (QED) is 0.00744. The number of aromatic carboxylic acids is 2. The first kappa shape index (κ1) is 68.9. The average molecular weight is 1320 g/mol. The smallest absolute Gasteiger partial charge is 0.337 e. The molecule has 0 radical (unpaired) electrons. The first-order chi connectivity index (χ1) is 45.5. The first-order valence-electron chi connectivity index (χ1n) is 29.8. The lowest BCUT2D eigenvalue weighted by atomic mass is 10.1. The molecule has 30 nitrogen and oxygen atoms in total. The van der Waals surface area contributed by atoms with E-state index in [4.69, 9.17) is 0 Å². The molecule has 8 rings (SSSR count). The van der Waals surface area contributed by atoms with E-state index in [0.717, 1.165) is 73.0 Å². The Morgan fingerprint density at radius 1 is 0.426 bits per heavy atom. The molecule has 2 amide bonds. The van der Waals surface area contributed by atoms with Crippen molar-refractivity contribution in [3.8, 4) is 11.5 Å². The number of unbranched alkanes of at least 4 members (excludes halogenated alkanes) is 8. The fraction of sp³-hybridized carbons (Fsp3) is 0.290. The van der Waals surface area contributed by atoms with Gasteiger partial charge in [0.1, 0.15) is 34.8 Å². The molecule has 0 aliphatic carbocycles. The highest BCUT2D eigenvalue weighted by molar-refractivity contribution is 8.76. The maximum Gasteiger partial charge on any atom is 0.337 e. The van der Waals surface area contributed by atoms with Crippen LogP contribution in [0.3, 0.4) is 0 Å². The summed E-state index contributed by atoms with van der Waals surface area (Å²) >= 11 is 0. The number of hydrogen-bond donors (Lipinski definition) is 14. The molecule has 0 saturated carbocycles. The number of amides is 2. The minimum atomic E-state index is -1.42. The number of phenols is 2. The number of phenolic OH excluding ortho intramolecular Hbond substituents is 2. The van der Waals surface area contributed by atoms with Crippen LogP contribution < -0.4 is 43.0 Å². The second kappa shape index (κ2) is 34.4. The molecular formula is C62H68N18O12S2. The van der Waals surface area contributed by atoms with Gasteiger partial charge in [-0.1, -0.05) is 147 Å². The number of hydrazine groups is 2. The summed E-state index contributed by atoms with van der Waals surface area (Å²) in [6.07, 6.45) is 9.43. The fourth-order valence-electron chi connectivity index (χ4n) is 9.16. The van der Waals surface area contributed by atoms with Crippen molar-refractivity contribution in [1.29, 1.82) is 0 Å². The van der Waals surface area contributed by atoms with E-state index in [1.807, 2.05) is 0 Å². The standard InChI is InChI=1S/C62H68N18O12S2/c1-3-5-7-9-11-27-47(81)77-79-61-69-57(63-41-25-17-19-35-29-31-43(51(83)49(35)41)75-73-39-23-15-13-21-37(39)53(85)86)67-59(71-61)65-45(55(89)90)33-93-94-34-46(56(91)92)66-60-68-58(70-62(72-60)80-78-48(82)28-12-10-8-6-4-2)64-42-26-18-20-36-30-32-44(52(84)50(36)42)76-74-40-24-16-14-22-38(40)54(87)88/h13-26,29-32,45-46,83-84H,3-12,27-28,33-34H2,1-2H3,(H,77,81)(H,78,82)(H,85,86)(H,87,88)(H,89,90)(H,91,92)(H3,63,65,67,69,71,79)(H3,64,66,68,70,72,80). The van der Waals surface area contributed by atoms with Crippen LogP contribution in [-0.2, 0) is 19.2 Å². The Balaban J connectivity index is 0.999. The lowest BCUT2D eigenvalue weighted by Gasteiger charge is -2.18. The fourth-order valence-corrected chi connectivity index (χ4v) is 11.5. The zero-order valence-electron chi connectivity index (χ0n) is 50.9. The number of carboxylic acids is 4. The number of carbonyl (C=O) groups is 6. The summed E-state index contributed by atoms with van der Waals surface area (Å²) in [7, 11) is 1.99. The minimum absolute atomic E-state index is 0.00720. The number of aromatic nitrogens is 6. The normalized spacial score (nSPS) is 11.9. The Bertz CT molecular complexity index is 3830. The van der Waals surface area contributed by atoms with E-state index in [1.165, 1.54) is 36.4 Å². The van der Waals surface area contributed by atoms with Gasteiger partial charge in [-0.05, 0) is 72.1 Å². The summed E-state index contributed by atoms with van der Waals surface area (Å²) in [5.74, 6) is -8.25. The molecule has 0 aliphatic rings. The molecule has 8 aromatic rings. The van der Waals surface area contributed by atoms with Crippen molar-refractivity contribution in [2.24, 2.45) is 20.5 Å². The van der Waals surface area contributed by atoms with Gasteiger partial charge in [-0.2, -0.15) is 29.9 Å². The van der Waals surface area contributed by atoms with Crippen LogP contribution in [0.15, 0.2) is 130 Å². The molecule has 0 bridgehead atoms. The molecule has 0 aliphatic heterocycles. The van der Waals surface area contributed by atoms with Gasteiger partial charge in [0, 0.05) is 35.1 Å². The Kier molecular flexibility index (Phi) is 25.2. The van der Waals surface area contributed by atoms with Gasteiger partial charge >= 0.3 is 23.9 Å². The molecule has 94 heavy (non-hydrogen) atoms. The average Bonchev–Trinajstić information content (AvgIpc) is 0.817. The number of carboxylic acid groups (broad SMARTS) is 4. The highest BCUT2D eigenvalue weighted by atomic mass is 33.1. The number of aromatic hydroxyl groups is 2. The predicted molar refractivity (Wildman–Crippen MR) is 358 cm³/mol. The van der Waals surface area contributed by atoms with E-state index < -0.39 is 36.0 Å². The van der Waals surface area contributed by atoms with Gasteiger partial charge in [-0.25, -0.2) is 19.2 Å². The third-order valence-electron chi connectivity index (χ3n) is 14.0. The molecule has 0 spiro atoms. The van der Waals surface area contributed by atoms with Gasteiger partial charge in [0.05, 0.1) is 22.5 Å². The van der Waals surface area contributed by atoms with E-state index in [9.17, 15) is 59.4 Å². The summed E-state index contributed by atoms with van der Waals surface area (Å²) in [5, 5.41) is 93.3. The largest absolute Gasteiger partial charge is 0.505 e. The minimum Gasteiger partial charge on any atom is -0.505 e. The summed E-state index contributed by atoms with van der Waals surface area (Å²) < 4.78 is 0. The lowest BCUT2D eigenvalue weighted by Crippen LogP contribution is -2.34. The first-order valence-corrected chi connectivity index (χ1v) is 32.3. The second-order valence-electron chi connectivity index (χ2n) is 20.9. The predicted octanol–water partition coefficient (Wildman–Crippen LogP) is 12.9. The number of rotatable bonds is 37. The lowest BCUT2D eigenvalue weighted by molar-refractivity contribution is -0.138. The van der Waals surface area contributed by atoms with E-state index in [-0.39, 0.29) is 139 Å². The van der Waals surface area contributed by atoms with Gasteiger partial charge in [-0.15, -0.1) is 20.5 Å². The third-order valence-corrected chi connectivity index (χ3v) is 16.4. The van der Waals surface area contributed by atoms with Crippen molar-refractivity contribution in [2.45, 2.75) is 103 Å². The molecule has 0 fully saturated rings. The maximum absolute atomic E-state index is 12.9. The number of nitrogens with one attached hydrogen (secondary N) is 8. The van der Waals surface area contributed by atoms with Crippen LogP contribution >= 0.6 is 21.6 Å². The number of carbonyl (C=O) groups excluding carboxylic acids is 2. The number of benzene rings is 6. The molecule has 490 valence electrons. The molecule has 2 unspecified atom stereocenters. The van der Waals surface area contributed by atoms with Gasteiger partial charge in [0.25, 0.3) is 0 Å². The van der Waals surface area contributed by atoms with Crippen molar-refractivity contribution < 1.29 is 59.4 Å². The van der Waals surface area contributed by atoms with E-state index in [1.54, 1.807) is 72.8 Å². The van der Waals surface area contributed by atoms with Crippen LogP contribution in [-0.4, -0.2) is 120 Å². The van der Waals surface area contributed by atoms with E-state index >= 15 is 0 Å². The summed E-state index contributed by atoms with van der Waals surface area (Å²) in [4.78, 5) is 102. The van der Waals surface area contributed by atoms with Crippen molar-refractivity contribution in [3.63, 3.8) is 0 Å². The Labute approximate surface area is 545 Å². The summed E-state index contributed by atoms with van der Waals surface area (Å²) in [5.41, 5.74) is 10.9. The van der Waals surface area contributed by atoms with Crippen molar-refractivity contribution in [2.75, 3.05) is 43.6 Å². The molecule has 2 atom stereocenters. The second-order valence-corrected chi connectivity index (χ2v) is 23.4. The molecule has 32 heteroatoms. The van der Waals surface area contributed by atoms with Crippen LogP contribution in [0, 0.1) is 0 Å². The maximum atomic E-state index is 12.9. The number of aliphatic carboxylic acids is 2. The Morgan fingerprint density at radius 3 is 1.19 bits per heavy atom. The highest BCUT2D eigenvalue weighted by Gasteiger charge is 2.25. The third kappa shape index (κ3) is 19.7. The van der Waals surface area contributed by atoms with Gasteiger partial charge in [-0.3, -0.25) is 31.3 Å². The van der Waals surface area contributed by atoms with E-state index in [0.29, 0.717) is 23.6 Å². The van der Waals surface area contributed by atoms with Crippen LogP contribution in [0.4, 0.5) is 69.8 Å². The molecule has 0 saturated heterocycles. The van der Waals surface area contributed by atoms with Crippen LogP contribution in [0.2, 0.25) is 0 Å². The van der Waals surface area contributed by atoms with Crippen molar-refractivity contribution >= 4 is 149 Å². The number of hydrogen-bond acceptors (Lipinski definition) is 26. The van der Waals surface area contributed by atoms with Gasteiger partial charge in [0.2, 0.25) is 47.5 Å². The molecule has 14 N–H and O–H groups in total. The Morgan fingerprint density at radius 2 is 0.798 bits per heavy atom. The van der Waals surface area contributed by atoms with Crippen molar-refractivity contribution in [1.82, 2.24) is 40.8 Å². The molecular weight excluding hydrogens is 1250 g/mol. The topological polar surface area (TPSA) is 447 Å². The van der Waals surface area contributed by atoms with Crippen LogP contribution in [0.5, 0.6) is 11.5 Å². The SMILES string of the molecule is CCCCCCCC(=O)NNc1nc(Nc2cccc3ccc(N=Nc4ccccc4C(=O)O)c(O)c23)nc(NC(CSSCC(Nc2nc(NNC(=O)CCCCCCC)nc(Nc3cccc4ccc(N=Nc5ccccc5C(=O)O)c(O)c34)n2)C(=O)O)C(=O)O)n1. The summed E-state index contributed by atoms with van der Waals surface area (Å²) in [6, 6.07) is 25.4. The van der Waals surface area contributed by atoms with Crippen molar-refractivity contribution in [3.05, 3.63) is 120 Å².